The van der Waals surface area contributed by atoms with Crippen molar-refractivity contribution in [2.45, 2.75) is 193 Å². The van der Waals surface area contributed by atoms with Gasteiger partial charge in [0.2, 0.25) is 0 Å². The van der Waals surface area contributed by atoms with Crippen LogP contribution in [0.2, 0.25) is 0 Å². The predicted octanol–water partition coefficient (Wildman–Crippen LogP) is 13.0. The summed E-state index contributed by atoms with van der Waals surface area (Å²) in [6, 6.07) is 5.99. The van der Waals surface area contributed by atoms with Crippen LogP contribution in [0.4, 0.5) is 0 Å². The molecular formula is C42H78N2O4S2. The fourth-order valence-corrected chi connectivity index (χ4v) is 7.75. The monoisotopic (exact) mass is 739 g/mol. The molecule has 0 saturated carbocycles. The highest BCUT2D eigenvalue weighted by Gasteiger charge is 2.09. The Kier molecular flexibility index (Phi) is 41.1. The average Bonchev–Trinajstić information content (AvgIpc) is 3.13. The molecular weight excluding hydrogens is 661 g/mol. The Labute approximate surface area is 317 Å². The number of carbonyl (C=O) groups is 2. The summed E-state index contributed by atoms with van der Waals surface area (Å²) in [4.78, 5) is 28.7. The van der Waals surface area contributed by atoms with Gasteiger partial charge < -0.3 is 14.4 Å². The van der Waals surface area contributed by atoms with E-state index in [9.17, 15) is 9.59 Å². The van der Waals surface area contributed by atoms with Gasteiger partial charge in [-0.05, 0) is 48.7 Å². The first-order valence-electron chi connectivity index (χ1n) is 20.8. The molecule has 1 aromatic rings. The van der Waals surface area contributed by atoms with Crippen molar-refractivity contribution in [2.75, 3.05) is 38.6 Å². The van der Waals surface area contributed by atoms with E-state index in [1.807, 2.05) is 35.2 Å². The van der Waals surface area contributed by atoms with E-state index >= 15 is 0 Å². The van der Waals surface area contributed by atoms with Crippen molar-refractivity contribution in [3.05, 3.63) is 24.4 Å². The quantitative estimate of drug-likeness (QED) is 0.0289. The standard InChI is InChI=1S/C27H48N2O2S2.C15H30O2/c1-3-5-6-7-8-9-10-11-12-13-14-17-24-31-27(30)19-22-29(21-4-2)23-25-32-33-26-18-15-16-20-28-26;1-2-3-4-5-6-7-8-9-10-11-12-13-14-17-15-16/h15-16,18,20H,3-14,17,19,21-25H2,1-2H3;15H,2-14H2,1H3. The molecule has 0 N–H and O–H groups in total. The highest BCUT2D eigenvalue weighted by Crippen LogP contribution is 2.28. The molecule has 1 heterocycles. The van der Waals surface area contributed by atoms with Gasteiger partial charge in [-0.25, -0.2) is 4.98 Å². The average molecular weight is 739 g/mol. The van der Waals surface area contributed by atoms with Crippen LogP contribution < -0.4 is 0 Å². The summed E-state index contributed by atoms with van der Waals surface area (Å²) in [6.07, 6.45) is 35.4. The molecule has 0 aliphatic rings. The summed E-state index contributed by atoms with van der Waals surface area (Å²) in [6.45, 7) is 11.3. The molecule has 0 aromatic carbocycles. The van der Waals surface area contributed by atoms with Gasteiger partial charge in [-0.3, -0.25) is 9.59 Å². The molecule has 0 unspecified atom stereocenters. The lowest BCUT2D eigenvalue weighted by Gasteiger charge is -2.20. The second-order valence-corrected chi connectivity index (χ2v) is 16.1. The van der Waals surface area contributed by atoms with Gasteiger partial charge in [0, 0.05) is 25.0 Å². The van der Waals surface area contributed by atoms with Crippen molar-refractivity contribution in [3.63, 3.8) is 0 Å². The van der Waals surface area contributed by atoms with Crippen molar-refractivity contribution < 1.29 is 19.1 Å². The second kappa shape index (κ2) is 42.2. The molecule has 0 aliphatic heterocycles. The normalized spacial score (nSPS) is 11.0. The van der Waals surface area contributed by atoms with Crippen molar-refractivity contribution in [1.82, 2.24) is 9.88 Å². The van der Waals surface area contributed by atoms with E-state index in [4.69, 9.17) is 4.74 Å². The number of rotatable bonds is 37. The van der Waals surface area contributed by atoms with Crippen LogP contribution in [0.3, 0.4) is 0 Å². The molecule has 0 radical (unpaired) electrons. The van der Waals surface area contributed by atoms with Crippen LogP contribution in [0, 0.1) is 0 Å². The molecule has 0 aliphatic carbocycles. The molecule has 0 atom stereocenters. The van der Waals surface area contributed by atoms with Gasteiger partial charge in [-0.1, -0.05) is 179 Å². The van der Waals surface area contributed by atoms with Gasteiger partial charge in [0.15, 0.2) is 0 Å². The van der Waals surface area contributed by atoms with Gasteiger partial charge in [-0.2, -0.15) is 0 Å². The van der Waals surface area contributed by atoms with Crippen LogP contribution in [0.15, 0.2) is 29.4 Å². The van der Waals surface area contributed by atoms with Crippen LogP contribution in [-0.4, -0.2) is 60.9 Å². The summed E-state index contributed by atoms with van der Waals surface area (Å²) >= 11 is 0. The summed E-state index contributed by atoms with van der Waals surface area (Å²) in [5.41, 5.74) is 0. The Morgan fingerprint density at radius 2 is 1.14 bits per heavy atom. The number of ether oxygens (including phenoxy) is 2. The fourth-order valence-electron chi connectivity index (χ4n) is 5.84. The van der Waals surface area contributed by atoms with Crippen molar-refractivity contribution in [3.8, 4) is 0 Å². The number of esters is 1. The number of hydrogen-bond donors (Lipinski definition) is 0. The van der Waals surface area contributed by atoms with Crippen LogP contribution in [0.5, 0.6) is 0 Å². The molecule has 1 aromatic heterocycles. The molecule has 0 spiro atoms. The van der Waals surface area contributed by atoms with E-state index in [-0.39, 0.29) is 5.97 Å². The number of pyridine rings is 1. The number of aromatic nitrogens is 1. The van der Waals surface area contributed by atoms with Gasteiger partial charge in [0.1, 0.15) is 5.03 Å². The first-order valence-corrected chi connectivity index (χ1v) is 23.1. The number of nitrogens with zero attached hydrogens (tertiary/aromatic N) is 2. The SMILES string of the molecule is CCCCCCCCCCCCCCOC(=O)CCN(CCC)CCSSc1ccccn1.CCCCCCCCCCCCCCOC=O. The largest absolute Gasteiger partial charge is 0.468 e. The third kappa shape index (κ3) is 38.0. The maximum atomic E-state index is 12.1. The Bertz CT molecular complexity index is 818. The third-order valence-corrected chi connectivity index (χ3v) is 11.1. The lowest BCUT2D eigenvalue weighted by molar-refractivity contribution is -0.144. The van der Waals surface area contributed by atoms with Gasteiger partial charge in [-0.15, -0.1) is 0 Å². The molecule has 6 nitrogen and oxygen atoms in total. The van der Waals surface area contributed by atoms with Gasteiger partial charge in [0.25, 0.3) is 6.47 Å². The van der Waals surface area contributed by atoms with Gasteiger partial charge in [0.05, 0.1) is 19.6 Å². The minimum absolute atomic E-state index is 0.0466. The van der Waals surface area contributed by atoms with Crippen molar-refractivity contribution in [1.29, 1.82) is 0 Å². The predicted molar refractivity (Wildman–Crippen MR) is 219 cm³/mol. The number of unbranched alkanes of at least 4 members (excludes halogenated alkanes) is 22. The van der Waals surface area contributed by atoms with E-state index < -0.39 is 0 Å². The highest BCUT2D eigenvalue weighted by atomic mass is 33.1. The lowest BCUT2D eigenvalue weighted by atomic mass is 10.1. The molecule has 0 saturated heterocycles. The summed E-state index contributed by atoms with van der Waals surface area (Å²) < 4.78 is 10.1. The second-order valence-electron chi connectivity index (χ2n) is 13.6. The molecule has 292 valence electrons. The van der Waals surface area contributed by atoms with Gasteiger partial charge >= 0.3 is 5.97 Å². The highest BCUT2D eigenvalue weighted by molar-refractivity contribution is 8.76. The maximum absolute atomic E-state index is 12.1. The van der Waals surface area contributed by atoms with E-state index in [0.717, 1.165) is 49.7 Å². The van der Waals surface area contributed by atoms with E-state index in [1.165, 1.54) is 141 Å². The Morgan fingerprint density at radius 1 is 0.640 bits per heavy atom. The van der Waals surface area contributed by atoms with E-state index in [0.29, 0.717) is 26.1 Å². The lowest BCUT2D eigenvalue weighted by Crippen LogP contribution is -2.29. The summed E-state index contributed by atoms with van der Waals surface area (Å²) in [7, 11) is 3.54. The zero-order valence-electron chi connectivity index (χ0n) is 32.9. The maximum Gasteiger partial charge on any atom is 0.307 e. The first kappa shape index (κ1) is 48.8. The first-order chi connectivity index (χ1) is 24.7. The van der Waals surface area contributed by atoms with Crippen molar-refractivity contribution in [2.24, 2.45) is 0 Å². The Hall–Kier alpha value is -1.25. The van der Waals surface area contributed by atoms with E-state index in [2.05, 4.69) is 35.4 Å². The molecule has 8 heteroatoms. The molecule has 0 fully saturated rings. The number of hydrogen-bond acceptors (Lipinski definition) is 8. The van der Waals surface area contributed by atoms with Crippen LogP contribution in [0.25, 0.3) is 0 Å². The zero-order chi connectivity index (χ0) is 36.4. The summed E-state index contributed by atoms with van der Waals surface area (Å²) in [5.74, 6) is 0.976. The van der Waals surface area contributed by atoms with Crippen LogP contribution >= 0.6 is 21.6 Å². The summed E-state index contributed by atoms with van der Waals surface area (Å²) in [5, 5.41) is 1.05. The Morgan fingerprint density at radius 3 is 1.60 bits per heavy atom. The van der Waals surface area contributed by atoms with Crippen LogP contribution in [-0.2, 0) is 19.1 Å². The number of carbonyl (C=O) groups excluding carboxylic acids is 2. The zero-order valence-corrected chi connectivity index (χ0v) is 34.5. The molecule has 50 heavy (non-hydrogen) atoms. The molecule has 0 bridgehead atoms. The van der Waals surface area contributed by atoms with Crippen LogP contribution in [0.1, 0.15) is 188 Å². The molecule has 1 rings (SSSR count). The Balaban J connectivity index is 0.00000119. The third-order valence-electron chi connectivity index (χ3n) is 8.89. The van der Waals surface area contributed by atoms with Crippen molar-refractivity contribution >= 4 is 34.0 Å². The topological polar surface area (TPSA) is 68.7 Å². The molecule has 0 amide bonds. The smallest absolute Gasteiger partial charge is 0.307 e. The van der Waals surface area contributed by atoms with E-state index in [1.54, 1.807) is 10.8 Å². The minimum Gasteiger partial charge on any atom is -0.468 e. The fraction of sp³-hybridized carbons (Fsp3) is 0.833. The minimum atomic E-state index is -0.0466.